The maximum Gasteiger partial charge on any atom is 0.326 e. The first-order chi connectivity index (χ1) is 6.99. The molecule has 0 aromatic rings. The number of nitrogens with one attached hydrogen (secondary N) is 1. The maximum absolute atomic E-state index is 10.9. The molecule has 2 amide bonds. The van der Waals surface area contributed by atoms with Crippen molar-refractivity contribution in [2.24, 2.45) is 11.5 Å². The summed E-state index contributed by atoms with van der Waals surface area (Å²) in [6, 6.07) is -1.55. The molecule has 7 heteroatoms. The molecular formula is C8H18N4O3. The van der Waals surface area contributed by atoms with Gasteiger partial charge >= 0.3 is 12.0 Å². The van der Waals surface area contributed by atoms with Gasteiger partial charge in [-0.3, -0.25) is 10.2 Å². The van der Waals surface area contributed by atoms with Crippen molar-refractivity contribution in [3.8, 4) is 0 Å². The smallest absolute Gasteiger partial charge is 0.326 e. The number of rotatable bonds is 7. The second kappa shape index (κ2) is 7.02. The lowest BCUT2D eigenvalue weighted by molar-refractivity contribution is -0.143. The van der Waals surface area contributed by atoms with Crippen molar-refractivity contribution in [2.45, 2.75) is 25.3 Å². The average molecular weight is 218 g/mol. The summed E-state index contributed by atoms with van der Waals surface area (Å²) in [4.78, 5) is 21.4. The highest BCUT2D eigenvalue weighted by Gasteiger charge is 2.22. The highest BCUT2D eigenvalue weighted by Crippen LogP contribution is 2.05. The van der Waals surface area contributed by atoms with Crippen LogP contribution in [0, 0.1) is 0 Å². The number of amides is 2. The average Bonchev–Trinajstić information content (AvgIpc) is 2.10. The molecular weight excluding hydrogens is 200 g/mol. The van der Waals surface area contributed by atoms with E-state index in [-0.39, 0.29) is 0 Å². The van der Waals surface area contributed by atoms with Crippen LogP contribution in [0.1, 0.15) is 19.3 Å². The molecule has 0 saturated heterocycles. The molecule has 0 bridgehead atoms. The lowest BCUT2D eigenvalue weighted by atomic mass is 10.1. The summed E-state index contributed by atoms with van der Waals surface area (Å²) < 4.78 is 0. The summed E-state index contributed by atoms with van der Waals surface area (Å²) in [7, 11) is 1.46. The van der Waals surface area contributed by atoms with Gasteiger partial charge in [0.25, 0.3) is 0 Å². The number of primary amides is 1. The van der Waals surface area contributed by atoms with Crippen molar-refractivity contribution in [1.29, 1.82) is 0 Å². The van der Waals surface area contributed by atoms with Crippen molar-refractivity contribution in [3.05, 3.63) is 0 Å². The van der Waals surface area contributed by atoms with E-state index in [1.807, 2.05) is 0 Å². The standard InChI is InChI=1S/C8H18N4O3/c1-12(11-8(10)15)6(7(13)14)4-2-3-5-9/h6H,2-5,9H2,1H3,(H,13,14)(H3,10,11,15). The molecule has 15 heavy (non-hydrogen) atoms. The molecule has 1 unspecified atom stereocenters. The number of unbranched alkanes of at least 4 members (excludes halogenated alkanes) is 1. The van der Waals surface area contributed by atoms with E-state index < -0.39 is 18.0 Å². The molecule has 0 aliphatic rings. The van der Waals surface area contributed by atoms with Crippen LogP contribution in [-0.4, -0.2) is 41.8 Å². The Labute approximate surface area is 88.4 Å². The van der Waals surface area contributed by atoms with Crippen molar-refractivity contribution in [3.63, 3.8) is 0 Å². The van der Waals surface area contributed by atoms with Gasteiger partial charge in [-0.05, 0) is 25.8 Å². The largest absolute Gasteiger partial charge is 0.480 e. The van der Waals surface area contributed by atoms with Gasteiger partial charge < -0.3 is 16.6 Å². The Morgan fingerprint density at radius 3 is 2.47 bits per heavy atom. The predicted octanol–water partition coefficient (Wildman–Crippen LogP) is -0.916. The van der Waals surface area contributed by atoms with Gasteiger partial charge in [-0.25, -0.2) is 9.80 Å². The fourth-order valence-electron chi connectivity index (χ4n) is 1.22. The van der Waals surface area contributed by atoms with Crippen LogP contribution < -0.4 is 16.9 Å². The van der Waals surface area contributed by atoms with Crippen molar-refractivity contribution >= 4 is 12.0 Å². The van der Waals surface area contributed by atoms with E-state index in [4.69, 9.17) is 16.6 Å². The SMILES string of the molecule is CN(NC(N)=O)C(CCCCN)C(=O)O. The molecule has 0 aliphatic carbocycles. The van der Waals surface area contributed by atoms with E-state index in [1.165, 1.54) is 12.1 Å². The molecule has 7 nitrogen and oxygen atoms in total. The molecule has 88 valence electrons. The zero-order chi connectivity index (χ0) is 11.8. The van der Waals surface area contributed by atoms with Crippen LogP contribution in [0.3, 0.4) is 0 Å². The molecule has 6 N–H and O–H groups in total. The number of likely N-dealkylation sites (N-methyl/N-ethyl adjacent to an activating group) is 1. The number of urea groups is 1. The molecule has 0 spiro atoms. The Hall–Kier alpha value is -1.34. The van der Waals surface area contributed by atoms with E-state index >= 15 is 0 Å². The van der Waals surface area contributed by atoms with Crippen LogP contribution in [0.4, 0.5) is 4.79 Å². The fourth-order valence-corrected chi connectivity index (χ4v) is 1.22. The van der Waals surface area contributed by atoms with Crippen molar-refractivity contribution in [1.82, 2.24) is 10.4 Å². The zero-order valence-electron chi connectivity index (χ0n) is 8.77. The van der Waals surface area contributed by atoms with E-state index in [1.54, 1.807) is 0 Å². The Bertz CT molecular complexity index is 222. The summed E-state index contributed by atoms with van der Waals surface area (Å²) in [5, 5.41) is 10.1. The molecule has 0 radical (unpaired) electrons. The fraction of sp³-hybridized carbons (Fsp3) is 0.750. The second-order valence-electron chi connectivity index (χ2n) is 3.23. The zero-order valence-corrected chi connectivity index (χ0v) is 8.77. The second-order valence-corrected chi connectivity index (χ2v) is 3.23. The van der Waals surface area contributed by atoms with Gasteiger partial charge in [-0.1, -0.05) is 0 Å². The normalized spacial score (nSPS) is 12.5. The number of nitrogens with two attached hydrogens (primary N) is 2. The molecule has 0 aromatic carbocycles. The van der Waals surface area contributed by atoms with Gasteiger partial charge in [0, 0.05) is 7.05 Å². The number of carboxylic acids is 1. The Balaban J connectivity index is 4.13. The van der Waals surface area contributed by atoms with Gasteiger partial charge in [-0.2, -0.15) is 0 Å². The minimum atomic E-state index is -0.997. The van der Waals surface area contributed by atoms with Crippen molar-refractivity contribution in [2.75, 3.05) is 13.6 Å². The van der Waals surface area contributed by atoms with Gasteiger partial charge in [-0.15, -0.1) is 0 Å². The Kier molecular flexibility index (Phi) is 6.39. The number of nitrogens with zero attached hydrogens (tertiary/aromatic N) is 1. The van der Waals surface area contributed by atoms with E-state index in [0.29, 0.717) is 19.4 Å². The van der Waals surface area contributed by atoms with E-state index in [2.05, 4.69) is 5.43 Å². The summed E-state index contributed by atoms with van der Waals surface area (Å²) in [6.45, 7) is 0.527. The van der Waals surface area contributed by atoms with Crippen LogP contribution in [-0.2, 0) is 4.79 Å². The first kappa shape index (κ1) is 13.7. The van der Waals surface area contributed by atoms with Crippen LogP contribution in [0.15, 0.2) is 0 Å². The summed E-state index contributed by atoms with van der Waals surface area (Å²) in [5.74, 6) is -0.997. The van der Waals surface area contributed by atoms with Gasteiger partial charge in [0.15, 0.2) is 0 Å². The third kappa shape index (κ3) is 5.87. The minimum Gasteiger partial charge on any atom is -0.480 e. The van der Waals surface area contributed by atoms with Gasteiger partial charge in [0.1, 0.15) is 6.04 Å². The lowest BCUT2D eigenvalue weighted by Gasteiger charge is -2.23. The highest BCUT2D eigenvalue weighted by atomic mass is 16.4. The maximum atomic E-state index is 10.9. The lowest BCUT2D eigenvalue weighted by Crippen LogP contribution is -2.51. The number of carboxylic acid groups (broad SMARTS) is 1. The predicted molar refractivity (Wildman–Crippen MR) is 54.8 cm³/mol. The highest BCUT2D eigenvalue weighted by molar-refractivity contribution is 5.75. The number of aliphatic carboxylic acids is 1. The molecule has 0 aliphatic heterocycles. The third-order valence-electron chi connectivity index (χ3n) is 1.97. The number of hydrazine groups is 1. The monoisotopic (exact) mass is 218 g/mol. The first-order valence-corrected chi connectivity index (χ1v) is 4.70. The molecule has 0 saturated carbocycles. The molecule has 0 rings (SSSR count). The summed E-state index contributed by atoms with van der Waals surface area (Å²) >= 11 is 0. The van der Waals surface area contributed by atoms with Crippen LogP contribution in [0.5, 0.6) is 0 Å². The molecule has 0 fully saturated rings. The topological polar surface area (TPSA) is 122 Å². The first-order valence-electron chi connectivity index (χ1n) is 4.70. The number of carbonyl (C=O) groups is 2. The summed E-state index contributed by atoms with van der Waals surface area (Å²) in [5.41, 5.74) is 12.4. The third-order valence-corrected chi connectivity index (χ3v) is 1.97. The van der Waals surface area contributed by atoms with E-state index in [0.717, 1.165) is 6.42 Å². The van der Waals surface area contributed by atoms with Gasteiger partial charge in [0.2, 0.25) is 0 Å². The molecule has 1 atom stereocenters. The van der Waals surface area contributed by atoms with E-state index in [9.17, 15) is 9.59 Å². The van der Waals surface area contributed by atoms with Gasteiger partial charge in [0.05, 0.1) is 0 Å². The number of hydrogen-bond acceptors (Lipinski definition) is 4. The molecule has 0 heterocycles. The van der Waals surface area contributed by atoms with Crippen molar-refractivity contribution < 1.29 is 14.7 Å². The van der Waals surface area contributed by atoms with Crippen LogP contribution in [0.2, 0.25) is 0 Å². The van der Waals surface area contributed by atoms with Crippen LogP contribution >= 0.6 is 0 Å². The Morgan fingerprint density at radius 1 is 1.47 bits per heavy atom. The summed E-state index contributed by atoms with van der Waals surface area (Å²) in [6.07, 6.45) is 1.87. The number of carbonyl (C=O) groups excluding carboxylic acids is 1. The van der Waals surface area contributed by atoms with Crippen LogP contribution in [0.25, 0.3) is 0 Å². The number of hydrogen-bond donors (Lipinski definition) is 4. The minimum absolute atomic E-state index is 0.420. The quantitative estimate of drug-likeness (QED) is 0.325. The Morgan fingerprint density at radius 2 is 2.07 bits per heavy atom. The molecule has 0 aromatic heterocycles.